The maximum atomic E-state index is 11.6. The van der Waals surface area contributed by atoms with Crippen molar-refractivity contribution < 1.29 is 9.53 Å². The molecule has 1 rings (SSSR count). The number of hydrogen-bond acceptors (Lipinski definition) is 3. The molecule has 0 aliphatic carbocycles. The SMILES string of the molecule is CC1CCN(C(N)=NCC(C)C(=O)OC(C)C)CC1. The van der Waals surface area contributed by atoms with Gasteiger partial charge in [-0.25, -0.2) is 0 Å². The fourth-order valence-electron chi connectivity index (χ4n) is 1.99. The third-order valence-corrected chi connectivity index (χ3v) is 3.39. The maximum Gasteiger partial charge on any atom is 0.310 e. The quantitative estimate of drug-likeness (QED) is 0.478. The number of carbonyl (C=O) groups excluding carboxylic acids is 1. The molecule has 1 saturated heterocycles. The van der Waals surface area contributed by atoms with Gasteiger partial charge in [0.1, 0.15) is 0 Å². The number of esters is 1. The van der Waals surface area contributed by atoms with E-state index in [0.717, 1.165) is 31.8 Å². The molecule has 1 heterocycles. The van der Waals surface area contributed by atoms with Gasteiger partial charge in [-0.15, -0.1) is 0 Å². The summed E-state index contributed by atoms with van der Waals surface area (Å²) < 4.78 is 5.14. The van der Waals surface area contributed by atoms with Crippen LogP contribution in [0.1, 0.15) is 40.5 Å². The summed E-state index contributed by atoms with van der Waals surface area (Å²) in [5.74, 6) is 0.864. The second-order valence-electron chi connectivity index (χ2n) is 5.76. The van der Waals surface area contributed by atoms with Crippen molar-refractivity contribution in [1.82, 2.24) is 4.90 Å². The van der Waals surface area contributed by atoms with Crippen LogP contribution in [-0.4, -0.2) is 42.6 Å². The van der Waals surface area contributed by atoms with Crippen LogP contribution in [0.15, 0.2) is 4.99 Å². The third kappa shape index (κ3) is 5.49. The van der Waals surface area contributed by atoms with E-state index in [1.165, 1.54) is 0 Å². The number of nitrogens with zero attached hydrogens (tertiary/aromatic N) is 2. The van der Waals surface area contributed by atoms with E-state index in [-0.39, 0.29) is 18.0 Å². The van der Waals surface area contributed by atoms with E-state index >= 15 is 0 Å². The molecule has 0 aromatic carbocycles. The average molecular weight is 269 g/mol. The van der Waals surface area contributed by atoms with Gasteiger partial charge >= 0.3 is 5.97 Å². The fraction of sp³-hybridized carbons (Fsp3) is 0.857. The normalized spacial score (nSPS) is 19.6. The van der Waals surface area contributed by atoms with E-state index in [4.69, 9.17) is 10.5 Å². The molecule has 0 aromatic rings. The van der Waals surface area contributed by atoms with Gasteiger partial charge in [-0.2, -0.15) is 0 Å². The molecule has 0 saturated carbocycles. The van der Waals surface area contributed by atoms with Gasteiger partial charge in [0.15, 0.2) is 5.96 Å². The summed E-state index contributed by atoms with van der Waals surface area (Å²) in [5.41, 5.74) is 5.97. The molecule has 1 atom stereocenters. The number of guanidine groups is 1. The molecule has 0 bridgehead atoms. The van der Waals surface area contributed by atoms with Crippen molar-refractivity contribution in [3.8, 4) is 0 Å². The Bertz CT molecular complexity index is 321. The Balaban J connectivity index is 2.40. The molecule has 0 aromatic heterocycles. The third-order valence-electron chi connectivity index (χ3n) is 3.39. The molecule has 0 radical (unpaired) electrons. The van der Waals surface area contributed by atoms with Crippen LogP contribution in [0.5, 0.6) is 0 Å². The lowest BCUT2D eigenvalue weighted by atomic mass is 10.00. The van der Waals surface area contributed by atoms with Gasteiger partial charge in [-0.05, 0) is 32.6 Å². The highest BCUT2D eigenvalue weighted by atomic mass is 16.5. The zero-order chi connectivity index (χ0) is 14.4. The molecule has 19 heavy (non-hydrogen) atoms. The van der Waals surface area contributed by atoms with Gasteiger partial charge in [-0.3, -0.25) is 9.79 Å². The zero-order valence-electron chi connectivity index (χ0n) is 12.6. The molecule has 1 aliphatic rings. The zero-order valence-corrected chi connectivity index (χ0v) is 12.6. The van der Waals surface area contributed by atoms with E-state index in [1.807, 2.05) is 20.8 Å². The highest BCUT2D eigenvalue weighted by Crippen LogP contribution is 2.15. The van der Waals surface area contributed by atoms with Gasteiger partial charge in [0.2, 0.25) is 0 Å². The molecule has 0 spiro atoms. The van der Waals surface area contributed by atoms with E-state index in [0.29, 0.717) is 12.5 Å². The summed E-state index contributed by atoms with van der Waals surface area (Å²) in [4.78, 5) is 18.1. The van der Waals surface area contributed by atoms with Crippen LogP contribution in [0.4, 0.5) is 0 Å². The first kappa shape index (κ1) is 15.8. The van der Waals surface area contributed by atoms with Crippen molar-refractivity contribution in [1.29, 1.82) is 0 Å². The molecule has 2 N–H and O–H groups in total. The number of carbonyl (C=O) groups is 1. The second kappa shape index (κ2) is 7.36. The Kier molecular flexibility index (Phi) is 6.12. The lowest BCUT2D eigenvalue weighted by Crippen LogP contribution is -2.42. The van der Waals surface area contributed by atoms with Crippen LogP contribution >= 0.6 is 0 Å². The summed E-state index contributed by atoms with van der Waals surface area (Å²) in [6.07, 6.45) is 2.22. The highest BCUT2D eigenvalue weighted by Gasteiger charge is 2.19. The molecule has 1 unspecified atom stereocenters. The van der Waals surface area contributed by atoms with Crippen LogP contribution in [0.25, 0.3) is 0 Å². The second-order valence-corrected chi connectivity index (χ2v) is 5.76. The van der Waals surface area contributed by atoms with Crippen LogP contribution in [-0.2, 0) is 9.53 Å². The van der Waals surface area contributed by atoms with Crippen molar-refractivity contribution in [3.05, 3.63) is 0 Å². The van der Waals surface area contributed by atoms with Crippen molar-refractivity contribution in [2.24, 2.45) is 22.6 Å². The Hall–Kier alpha value is -1.26. The van der Waals surface area contributed by atoms with Gasteiger partial charge < -0.3 is 15.4 Å². The molecule has 110 valence electrons. The smallest absolute Gasteiger partial charge is 0.310 e. The van der Waals surface area contributed by atoms with Crippen molar-refractivity contribution in [2.45, 2.75) is 46.6 Å². The minimum Gasteiger partial charge on any atom is -0.463 e. The standard InChI is InChI=1S/C14H27N3O2/c1-10(2)19-13(18)12(4)9-16-14(15)17-7-5-11(3)6-8-17/h10-12H,5-9H2,1-4H3,(H2,15,16). The lowest BCUT2D eigenvalue weighted by Gasteiger charge is -2.31. The van der Waals surface area contributed by atoms with E-state index in [2.05, 4.69) is 16.8 Å². The highest BCUT2D eigenvalue weighted by molar-refractivity contribution is 5.79. The van der Waals surface area contributed by atoms with Gasteiger partial charge in [0.05, 0.1) is 18.6 Å². The summed E-state index contributed by atoms with van der Waals surface area (Å²) in [6, 6.07) is 0. The fourth-order valence-corrected chi connectivity index (χ4v) is 1.99. The van der Waals surface area contributed by atoms with Crippen molar-refractivity contribution in [3.63, 3.8) is 0 Å². The minimum atomic E-state index is -0.246. The van der Waals surface area contributed by atoms with Gasteiger partial charge in [0, 0.05) is 13.1 Å². The van der Waals surface area contributed by atoms with Crippen LogP contribution in [0.3, 0.4) is 0 Å². The Morgan fingerprint density at radius 2 is 1.95 bits per heavy atom. The number of piperidine rings is 1. The van der Waals surface area contributed by atoms with Crippen LogP contribution in [0, 0.1) is 11.8 Å². The van der Waals surface area contributed by atoms with Crippen molar-refractivity contribution >= 4 is 11.9 Å². The topological polar surface area (TPSA) is 67.9 Å². The van der Waals surface area contributed by atoms with Crippen molar-refractivity contribution in [2.75, 3.05) is 19.6 Å². The van der Waals surface area contributed by atoms with Gasteiger partial charge in [-0.1, -0.05) is 13.8 Å². The molecular formula is C14H27N3O2. The molecule has 5 heteroatoms. The lowest BCUT2D eigenvalue weighted by molar-refractivity contribution is -0.151. The average Bonchev–Trinajstić information content (AvgIpc) is 2.35. The first-order valence-electron chi connectivity index (χ1n) is 7.15. The van der Waals surface area contributed by atoms with E-state index in [1.54, 1.807) is 0 Å². The summed E-state index contributed by atoms with van der Waals surface area (Å²) >= 11 is 0. The Morgan fingerprint density at radius 1 is 1.37 bits per heavy atom. The molecule has 5 nitrogen and oxygen atoms in total. The number of likely N-dealkylation sites (tertiary alicyclic amines) is 1. The predicted molar refractivity (Wildman–Crippen MR) is 76.9 cm³/mol. The number of rotatable bonds is 4. The number of aliphatic imine (C=N–C) groups is 1. The van der Waals surface area contributed by atoms with Crippen LogP contribution < -0.4 is 5.73 Å². The first-order chi connectivity index (χ1) is 8.90. The molecule has 1 aliphatic heterocycles. The molecule has 0 amide bonds. The summed E-state index contributed by atoms with van der Waals surface area (Å²) in [5, 5.41) is 0. The van der Waals surface area contributed by atoms with E-state index < -0.39 is 0 Å². The number of hydrogen-bond donors (Lipinski definition) is 1. The summed E-state index contributed by atoms with van der Waals surface area (Å²) in [6.45, 7) is 10.1. The summed E-state index contributed by atoms with van der Waals surface area (Å²) in [7, 11) is 0. The maximum absolute atomic E-state index is 11.6. The molecular weight excluding hydrogens is 242 g/mol. The number of ether oxygens (including phenoxy) is 1. The van der Waals surface area contributed by atoms with Crippen LogP contribution in [0.2, 0.25) is 0 Å². The monoisotopic (exact) mass is 269 g/mol. The minimum absolute atomic E-state index is 0.0835. The van der Waals surface area contributed by atoms with Gasteiger partial charge in [0.25, 0.3) is 0 Å². The molecule has 1 fully saturated rings. The number of nitrogens with two attached hydrogens (primary N) is 1. The first-order valence-corrected chi connectivity index (χ1v) is 7.15. The Labute approximate surface area is 116 Å². The Morgan fingerprint density at radius 3 is 2.47 bits per heavy atom. The largest absolute Gasteiger partial charge is 0.463 e. The predicted octanol–water partition coefficient (Wildman–Crippen LogP) is 1.62. The van der Waals surface area contributed by atoms with E-state index in [9.17, 15) is 4.79 Å².